The molecule has 1 aromatic carbocycles. The van der Waals surface area contributed by atoms with Gasteiger partial charge in [0.1, 0.15) is 16.5 Å². The van der Waals surface area contributed by atoms with Crippen molar-refractivity contribution < 1.29 is 28.5 Å². The fourth-order valence-electron chi connectivity index (χ4n) is 4.96. The number of nitrogens with one attached hydrogen (secondary N) is 1. The third-order valence-electron chi connectivity index (χ3n) is 6.94. The molecule has 42 heavy (non-hydrogen) atoms. The minimum atomic E-state index is -0.388. The summed E-state index contributed by atoms with van der Waals surface area (Å²) in [6, 6.07) is 3.92. The Bertz CT molecular complexity index is 1360. The molecule has 2 aromatic heterocycles. The fourth-order valence-corrected chi connectivity index (χ4v) is 5.82. The average molecular weight is 601 g/mol. The first-order valence-electron chi connectivity index (χ1n) is 14.0. The number of likely N-dealkylation sites (N-methyl/N-ethyl adjacent to an activating group) is 1. The number of thiazole rings is 1. The highest BCUT2D eigenvalue weighted by atomic mass is 32.1. The summed E-state index contributed by atoms with van der Waals surface area (Å²) < 4.78 is 27.3. The molecule has 0 aliphatic carbocycles. The lowest BCUT2D eigenvalue weighted by Gasteiger charge is -2.34. The highest BCUT2D eigenvalue weighted by molar-refractivity contribution is 7.17. The molecule has 0 amide bonds. The van der Waals surface area contributed by atoms with Crippen molar-refractivity contribution in [1.82, 2.24) is 15.0 Å². The van der Waals surface area contributed by atoms with Gasteiger partial charge in [-0.3, -0.25) is 5.32 Å². The molecule has 13 heteroatoms. The summed E-state index contributed by atoms with van der Waals surface area (Å²) in [7, 11) is 6.52. The molecular formula is C29H40N6O6S. The number of esters is 1. The van der Waals surface area contributed by atoms with Gasteiger partial charge in [-0.2, -0.15) is 9.97 Å². The van der Waals surface area contributed by atoms with Gasteiger partial charge in [-0.05, 0) is 51.3 Å². The predicted octanol–water partition coefficient (Wildman–Crippen LogP) is 4.61. The van der Waals surface area contributed by atoms with Gasteiger partial charge in [0.25, 0.3) is 0 Å². The zero-order valence-corrected chi connectivity index (χ0v) is 26.2. The van der Waals surface area contributed by atoms with E-state index < -0.39 is 0 Å². The molecule has 1 aliphatic rings. The number of carbonyl (C=O) groups excluding carboxylic acids is 1. The SMILES string of the molecule is CCOC(=O)c1sc(Nc2nc(N(CC)CCOC)c3c(n2)N(Cc2cc(OC)c(OC)c(OC)c2)CCC3)nc1C. The van der Waals surface area contributed by atoms with Crippen molar-refractivity contribution in [2.75, 3.05) is 76.4 Å². The van der Waals surface area contributed by atoms with Crippen LogP contribution in [0.5, 0.6) is 17.2 Å². The van der Waals surface area contributed by atoms with Crippen molar-refractivity contribution in [2.24, 2.45) is 0 Å². The quantitative estimate of drug-likeness (QED) is 0.260. The van der Waals surface area contributed by atoms with Gasteiger partial charge < -0.3 is 33.5 Å². The van der Waals surface area contributed by atoms with Gasteiger partial charge in [-0.25, -0.2) is 9.78 Å². The summed E-state index contributed by atoms with van der Waals surface area (Å²) in [5.74, 6) is 3.47. The Kier molecular flexibility index (Phi) is 10.6. The van der Waals surface area contributed by atoms with Crippen LogP contribution in [-0.4, -0.2) is 82.2 Å². The number of anilines is 4. The molecule has 0 fully saturated rings. The third-order valence-corrected chi connectivity index (χ3v) is 7.99. The first-order valence-corrected chi connectivity index (χ1v) is 14.8. The molecule has 3 heterocycles. The van der Waals surface area contributed by atoms with Crippen LogP contribution in [0.1, 0.15) is 46.8 Å². The molecule has 12 nitrogen and oxygen atoms in total. The number of nitrogens with zero attached hydrogens (tertiary/aromatic N) is 5. The molecule has 0 saturated carbocycles. The summed E-state index contributed by atoms with van der Waals surface area (Å²) in [6.45, 7) is 9.36. The standard InChI is InChI=1S/C29H40N6O6S/c1-8-34(13-14-37-4)25-20-11-10-12-35(17-19-15-21(38-5)23(40-7)22(16-19)39-6)26(20)32-28(31-25)33-29-30-18(3)24(42-29)27(36)41-9-2/h15-16H,8-14,17H2,1-7H3,(H,30,31,32,33). The van der Waals surface area contributed by atoms with Crippen LogP contribution in [0.15, 0.2) is 12.1 Å². The maximum Gasteiger partial charge on any atom is 0.350 e. The molecule has 4 rings (SSSR count). The van der Waals surface area contributed by atoms with Crippen LogP contribution in [0.3, 0.4) is 0 Å². The van der Waals surface area contributed by atoms with Gasteiger partial charge in [-0.15, -0.1) is 0 Å². The van der Waals surface area contributed by atoms with Crippen molar-refractivity contribution in [3.8, 4) is 17.2 Å². The predicted molar refractivity (Wildman–Crippen MR) is 163 cm³/mol. The van der Waals surface area contributed by atoms with Crippen LogP contribution in [0.25, 0.3) is 0 Å². The van der Waals surface area contributed by atoms with Crippen molar-refractivity contribution >= 4 is 40.0 Å². The summed E-state index contributed by atoms with van der Waals surface area (Å²) in [5, 5.41) is 3.78. The van der Waals surface area contributed by atoms with E-state index in [0.717, 1.165) is 48.7 Å². The fraction of sp³-hybridized carbons (Fsp3) is 0.517. The largest absolute Gasteiger partial charge is 0.493 e. The minimum absolute atomic E-state index is 0.298. The highest BCUT2D eigenvalue weighted by Gasteiger charge is 2.27. The van der Waals surface area contributed by atoms with E-state index in [4.69, 9.17) is 33.7 Å². The van der Waals surface area contributed by atoms with E-state index in [-0.39, 0.29) is 5.97 Å². The Morgan fingerprint density at radius 1 is 1.07 bits per heavy atom. The Hall–Kier alpha value is -3.84. The van der Waals surface area contributed by atoms with E-state index in [1.807, 2.05) is 12.1 Å². The number of rotatable bonds is 14. The molecule has 3 aromatic rings. The Morgan fingerprint density at radius 3 is 2.43 bits per heavy atom. The number of carbonyl (C=O) groups is 1. The van der Waals surface area contributed by atoms with Gasteiger partial charge in [0.2, 0.25) is 11.7 Å². The van der Waals surface area contributed by atoms with E-state index in [0.29, 0.717) is 65.2 Å². The van der Waals surface area contributed by atoms with Gasteiger partial charge in [0.05, 0.1) is 40.2 Å². The molecule has 228 valence electrons. The second-order valence-electron chi connectivity index (χ2n) is 9.58. The van der Waals surface area contributed by atoms with Crippen LogP contribution >= 0.6 is 11.3 Å². The number of hydrogen-bond donors (Lipinski definition) is 1. The highest BCUT2D eigenvalue weighted by Crippen LogP contribution is 2.40. The van der Waals surface area contributed by atoms with Crippen LogP contribution in [0.2, 0.25) is 0 Å². The summed E-state index contributed by atoms with van der Waals surface area (Å²) >= 11 is 1.23. The van der Waals surface area contributed by atoms with Crippen LogP contribution < -0.4 is 29.3 Å². The minimum Gasteiger partial charge on any atom is -0.493 e. The van der Waals surface area contributed by atoms with Gasteiger partial charge >= 0.3 is 5.97 Å². The molecule has 0 spiro atoms. The lowest BCUT2D eigenvalue weighted by atomic mass is 10.0. The Morgan fingerprint density at radius 2 is 1.81 bits per heavy atom. The monoisotopic (exact) mass is 600 g/mol. The number of fused-ring (bicyclic) bond motifs is 1. The van der Waals surface area contributed by atoms with Gasteiger partial charge in [0.15, 0.2) is 16.6 Å². The van der Waals surface area contributed by atoms with Crippen LogP contribution in [0.4, 0.5) is 22.7 Å². The average Bonchev–Trinajstić information content (AvgIpc) is 3.36. The van der Waals surface area contributed by atoms with E-state index in [9.17, 15) is 4.79 Å². The van der Waals surface area contributed by atoms with Crippen molar-refractivity contribution in [3.63, 3.8) is 0 Å². The van der Waals surface area contributed by atoms with Crippen molar-refractivity contribution in [1.29, 1.82) is 0 Å². The van der Waals surface area contributed by atoms with E-state index >= 15 is 0 Å². The molecular weight excluding hydrogens is 560 g/mol. The molecule has 0 radical (unpaired) electrons. The van der Waals surface area contributed by atoms with Crippen LogP contribution in [0, 0.1) is 6.92 Å². The number of hydrogen-bond acceptors (Lipinski definition) is 13. The van der Waals surface area contributed by atoms with Gasteiger partial charge in [0, 0.05) is 38.9 Å². The number of aromatic nitrogens is 3. The Balaban J connectivity index is 1.75. The normalized spacial score (nSPS) is 12.5. The maximum absolute atomic E-state index is 12.4. The molecule has 0 bridgehead atoms. The first kappa shape index (κ1) is 31.1. The number of benzene rings is 1. The lowest BCUT2D eigenvalue weighted by Crippen LogP contribution is -2.34. The number of methoxy groups -OCH3 is 4. The third kappa shape index (κ3) is 6.79. The Labute approximate surface area is 250 Å². The van der Waals surface area contributed by atoms with Gasteiger partial charge in [-0.1, -0.05) is 11.3 Å². The number of ether oxygens (including phenoxy) is 5. The summed E-state index contributed by atoms with van der Waals surface area (Å²) in [5.41, 5.74) is 2.67. The second-order valence-corrected chi connectivity index (χ2v) is 10.6. The molecule has 0 atom stereocenters. The van der Waals surface area contributed by atoms with Crippen molar-refractivity contribution in [2.45, 2.75) is 40.2 Å². The van der Waals surface area contributed by atoms with Crippen LogP contribution in [-0.2, 0) is 22.4 Å². The molecule has 0 unspecified atom stereocenters. The van der Waals surface area contributed by atoms with Crippen molar-refractivity contribution in [3.05, 3.63) is 33.8 Å². The van der Waals surface area contributed by atoms with E-state index in [1.54, 1.807) is 42.3 Å². The summed E-state index contributed by atoms with van der Waals surface area (Å²) in [6.07, 6.45) is 1.81. The zero-order chi connectivity index (χ0) is 30.2. The lowest BCUT2D eigenvalue weighted by molar-refractivity contribution is 0.0531. The zero-order valence-electron chi connectivity index (χ0n) is 25.4. The molecule has 1 N–H and O–H groups in total. The number of aryl methyl sites for hydroxylation is 1. The first-order chi connectivity index (χ1) is 20.4. The molecule has 1 aliphatic heterocycles. The topological polar surface area (TPSA) is 120 Å². The second kappa shape index (κ2) is 14.4. The molecule has 0 saturated heterocycles. The smallest absolute Gasteiger partial charge is 0.350 e. The maximum atomic E-state index is 12.4. The summed E-state index contributed by atoms with van der Waals surface area (Å²) in [4.78, 5) is 31.8. The van der Waals surface area contributed by atoms with E-state index in [1.165, 1.54) is 11.3 Å². The van der Waals surface area contributed by atoms with E-state index in [2.05, 4.69) is 27.0 Å².